The average molecular weight is 48.9 g/mol. The van der Waals surface area contributed by atoms with Gasteiger partial charge in [-0.05, 0) is 0 Å². The van der Waals surface area contributed by atoms with Crippen molar-refractivity contribution in [3.8, 4) is 0 Å². The van der Waals surface area contributed by atoms with E-state index in [2.05, 4.69) is 0 Å². The number of halogens is 1. The smallest absolute Gasteiger partial charge is 1.00 e. The van der Waals surface area contributed by atoms with E-state index in [0.717, 1.165) is 0 Å². The van der Waals surface area contributed by atoms with Crippen LogP contribution in [0.1, 0.15) is 0 Å². The standard InChI is InChI=1S/FH.2Li.H2N/h1H;;;1H2/q;2*+1;-1/p-1. The molecular weight excluding hydrogens is 46.9 g/mol. The Bertz CT molecular complexity index is 6.00. The van der Waals surface area contributed by atoms with Gasteiger partial charge in [-0.25, -0.2) is 0 Å². The van der Waals surface area contributed by atoms with E-state index in [0.29, 0.717) is 0 Å². The predicted molar refractivity (Wildman–Crippen MR) is 5.28 cm³/mol. The summed E-state index contributed by atoms with van der Waals surface area (Å²) in [5.74, 6) is 0. The van der Waals surface area contributed by atoms with Gasteiger partial charge in [-0.2, -0.15) is 0 Å². The van der Waals surface area contributed by atoms with Crippen LogP contribution in [0, 0.1) is 0 Å². The Morgan fingerprint density at radius 3 is 0.750 bits per heavy atom. The molecule has 4 heteroatoms. The molecule has 0 amide bonds. The van der Waals surface area contributed by atoms with Crippen LogP contribution in [0.15, 0.2) is 0 Å². The summed E-state index contributed by atoms with van der Waals surface area (Å²) in [4.78, 5) is 0. The molecular formula is H2FLi2N. The third kappa shape index (κ3) is 11.4. The second-order valence-corrected chi connectivity index (χ2v) is 0. The zero-order valence-electron chi connectivity index (χ0n) is 2.96. The first-order valence-corrected chi connectivity index (χ1v) is 0. The van der Waals surface area contributed by atoms with Crippen molar-refractivity contribution in [1.82, 2.24) is 0 Å². The van der Waals surface area contributed by atoms with Gasteiger partial charge in [-0.15, -0.1) is 0 Å². The van der Waals surface area contributed by atoms with Gasteiger partial charge in [0.15, 0.2) is 0 Å². The van der Waals surface area contributed by atoms with Crippen LogP contribution in [0.25, 0.3) is 6.15 Å². The van der Waals surface area contributed by atoms with Crippen LogP contribution in [0.4, 0.5) is 0 Å². The van der Waals surface area contributed by atoms with Gasteiger partial charge in [-0.3, -0.25) is 0 Å². The molecule has 0 aliphatic rings. The topological polar surface area (TPSA) is 33.5 Å². The van der Waals surface area contributed by atoms with Crippen molar-refractivity contribution in [2.75, 3.05) is 0 Å². The molecule has 1 nitrogen and oxygen atoms in total. The van der Waals surface area contributed by atoms with Crippen LogP contribution in [-0.4, -0.2) is 0 Å². The van der Waals surface area contributed by atoms with Gasteiger partial charge in [-0.1, -0.05) is 0 Å². The van der Waals surface area contributed by atoms with E-state index in [1.807, 2.05) is 0 Å². The molecule has 0 saturated heterocycles. The zero-order chi connectivity index (χ0) is 0. The molecule has 0 saturated carbocycles. The molecule has 0 aliphatic carbocycles. The molecule has 0 rings (SSSR count). The number of hydrogen-bond donors (Lipinski definition) is 0. The number of nitrogens with two attached hydrogens (primary N) is 1. The molecule has 0 aliphatic heterocycles. The molecule has 4 heavy (non-hydrogen) atoms. The summed E-state index contributed by atoms with van der Waals surface area (Å²) >= 11 is 0. The fourth-order valence-electron chi connectivity index (χ4n) is 0. The molecule has 0 radical (unpaired) electrons. The summed E-state index contributed by atoms with van der Waals surface area (Å²) in [6.45, 7) is 0. The maximum absolute atomic E-state index is 0. The summed E-state index contributed by atoms with van der Waals surface area (Å²) in [7, 11) is 0. The van der Waals surface area contributed by atoms with E-state index >= 15 is 0 Å². The van der Waals surface area contributed by atoms with Gasteiger partial charge < -0.3 is 10.9 Å². The molecule has 0 aromatic carbocycles. The van der Waals surface area contributed by atoms with Crippen LogP contribution >= 0.6 is 0 Å². The zero-order valence-corrected chi connectivity index (χ0v) is 2.96. The van der Waals surface area contributed by atoms with Crippen molar-refractivity contribution in [2.45, 2.75) is 0 Å². The molecule has 0 bridgehead atoms. The molecule has 0 unspecified atom stereocenters. The third-order valence-corrected chi connectivity index (χ3v) is 0. The van der Waals surface area contributed by atoms with Crippen molar-refractivity contribution in [3.05, 3.63) is 6.15 Å². The van der Waals surface area contributed by atoms with E-state index in [-0.39, 0.29) is 48.6 Å². The summed E-state index contributed by atoms with van der Waals surface area (Å²) < 4.78 is 0. The van der Waals surface area contributed by atoms with Crippen LogP contribution in [0.3, 0.4) is 0 Å². The van der Waals surface area contributed by atoms with Gasteiger partial charge in [0.05, 0.1) is 0 Å². The number of hydrogen-bond acceptors (Lipinski definition) is 0. The van der Waals surface area contributed by atoms with E-state index in [4.69, 9.17) is 0 Å². The van der Waals surface area contributed by atoms with E-state index < -0.39 is 0 Å². The Morgan fingerprint density at radius 2 is 0.750 bits per heavy atom. The van der Waals surface area contributed by atoms with Crippen LogP contribution < -0.4 is 42.4 Å². The van der Waals surface area contributed by atoms with Crippen LogP contribution in [-0.2, 0) is 0 Å². The fourth-order valence-corrected chi connectivity index (χ4v) is 0. The Hall–Kier alpha value is 1.08. The summed E-state index contributed by atoms with van der Waals surface area (Å²) in [5, 5.41) is 0. The van der Waals surface area contributed by atoms with E-state index in [9.17, 15) is 0 Å². The fraction of sp³-hybridized carbons (Fsp3) is 0. The normalized spacial score (nSPS) is 0. The minimum Gasteiger partial charge on any atom is -1.00 e. The van der Waals surface area contributed by atoms with Crippen LogP contribution in [0.5, 0.6) is 0 Å². The Labute approximate surface area is 48.8 Å². The minimum atomic E-state index is 0. The van der Waals surface area contributed by atoms with Crippen molar-refractivity contribution in [1.29, 1.82) is 0 Å². The van der Waals surface area contributed by atoms with E-state index in [1.54, 1.807) is 0 Å². The van der Waals surface area contributed by atoms with Crippen molar-refractivity contribution >= 4 is 0 Å². The molecule has 0 aromatic rings. The first-order chi connectivity index (χ1) is 0. The van der Waals surface area contributed by atoms with Crippen LogP contribution in [0.2, 0.25) is 0 Å². The first kappa shape index (κ1) is 72.1. The van der Waals surface area contributed by atoms with Gasteiger partial charge in [0.1, 0.15) is 0 Å². The van der Waals surface area contributed by atoms with E-state index in [1.165, 1.54) is 0 Å². The molecule has 0 atom stereocenters. The summed E-state index contributed by atoms with van der Waals surface area (Å²) in [6.07, 6.45) is 0. The van der Waals surface area contributed by atoms with Gasteiger partial charge in [0.2, 0.25) is 0 Å². The molecule has 0 spiro atoms. The number of rotatable bonds is 0. The Kier molecular flexibility index (Phi) is 595. The largest absolute Gasteiger partial charge is 1.00 e. The maximum Gasteiger partial charge on any atom is 1.00 e. The third-order valence-electron chi connectivity index (χ3n) is 0. The average Bonchev–Trinajstić information content (AvgIpc) is 0. The minimum absolute atomic E-state index is 0. The SMILES string of the molecule is [F-].[Li+].[Li+].[NH2-]. The molecule has 16 valence electrons. The molecule has 2 N–H and O–H groups in total. The van der Waals surface area contributed by atoms with Gasteiger partial charge >= 0.3 is 37.7 Å². The summed E-state index contributed by atoms with van der Waals surface area (Å²) in [6, 6.07) is 0. The predicted octanol–water partition coefficient (Wildman–Crippen LogP) is -8.27. The monoisotopic (exact) mass is 49.0 g/mol. The Morgan fingerprint density at radius 1 is 0.750 bits per heavy atom. The maximum atomic E-state index is 0. The Balaban J connectivity index is 0. The van der Waals surface area contributed by atoms with Crippen molar-refractivity contribution in [2.24, 2.45) is 0 Å². The van der Waals surface area contributed by atoms with Crippen molar-refractivity contribution in [3.63, 3.8) is 0 Å². The second-order valence-electron chi connectivity index (χ2n) is 0. The quantitative estimate of drug-likeness (QED) is 0.244. The van der Waals surface area contributed by atoms with Gasteiger partial charge in [0, 0.05) is 0 Å². The molecule has 0 aromatic heterocycles. The van der Waals surface area contributed by atoms with Gasteiger partial charge in [0.25, 0.3) is 0 Å². The first-order valence-electron chi connectivity index (χ1n) is 0. The van der Waals surface area contributed by atoms with Crippen molar-refractivity contribution < 1.29 is 42.4 Å². The molecule has 0 heterocycles. The molecule has 0 fully saturated rings. The summed E-state index contributed by atoms with van der Waals surface area (Å²) in [5.41, 5.74) is 0. The second kappa shape index (κ2) is 33.0.